The Kier molecular flexibility index (Phi) is 4.10. The summed E-state index contributed by atoms with van der Waals surface area (Å²) in [6.45, 7) is 5.20. The van der Waals surface area contributed by atoms with Crippen LogP contribution in [-0.4, -0.2) is 13.3 Å². The molecule has 0 radical (unpaired) electrons. The molecule has 0 aromatic heterocycles. The minimum absolute atomic E-state index is 0.0463. The first-order valence-corrected chi connectivity index (χ1v) is 2.84. The molecule has 0 aliphatic rings. The molecule has 0 aromatic rings. The van der Waals surface area contributed by atoms with Crippen LogP contribution in [-0.2, 0) is 4.74 Å². The van der Waals surface area contributed by atoms with Gasteiger partial charge in [-0.15, -0.1) is 0 Å². The van der Waals surface area contributed by atoms with Crippen molar-refractivity contribution in [2.45, 2.75) is 13.5 Å². The second kappa shape index (κ2) is 4.60. The lowest BCUT2D eigenvalue weighted by atomic mass is 10.3. The Morgan fingerprint density at radius 3 is 2.45 bits per heavy atom. The van der Waals surface area contributed by atoms with E-state index in [0.29, 0.717) is 5.57 Å². The van der Waals surface area contributed by atoms with Crippen LogP contribution in [0.3, 0.4) is 0 Å². The van der Waals surface area contributed by atoms with E-state index in [1.807, 2.05) is 0 Å². The van der Waals surface area contributed by atoms with Gasteiger partial charge in [-0.05, 0) is 19.2 Å². The highest BCUT2D eigenvalue weighted by Gasteiger charge is 2.06. The maximum atomic E-state index is 11.6. The van der Waals surface area contributed by atoms with Gasteiger partial charge >= 0.3 is 6.61 Å². The zero-order chi connectivity index (χ0) is 8.85. The molecule has 0 aliphatic heterocycles. The molecule has 0 spiro atoms. The minimum Gasteiger partial charge on any atom is -0.433 e. The van der Waals surface area contributed by atoms with Gasteiger partial charge in [0.1, 0.15) is 5.76 Å². The molecule has 0 aliphatic carbocycles. The first-order chi connectivity index (χ1) is 5.07. The Hall–Kier alpha value is -1.19. The number of allylic oxidation sites excluding steroid dienone is 1. The number of hydrogen-bond acceptors (Lipinski definition) is 2. The lowest BCUT2D eigenvalue weighted by Gasteiger charge is -2.06. The lowest BCUT2D eigenvalue weighted by Crippen LogP contribution is -1.99. The van der Waals surface area contributed by atoms with E-state index in [4.69, 9.17) is 0 Å². The zero-order valence-electron chi connectivity index (χ0n) is 6.18. The second-order valence-corrected chi connectivity index (χ2v) is 1.83. The predicted molar refractivity (Wildman–Crippen MR) is 39.5 cm³/mol. The smallest absolute Gasteiger partial charge is 0.387 e. The van der Waals surface area contributed by atoms with Crippen molar-refractivity contribution in [1.82, 2.24) is 0 Å². The fourth-order valence-electron chi connectivity index (χ4n) is 0.420. The van der Waals surface area contributed by atoms with Crippen molar-refractivity contribution in [3.8, 4) is 0 Å². The van der Waals surface area contributed by atoms with E-state index in [9.17, 15) is 8.78 Å². The Bertz CT molecular complexity index is 187. The molecular formula is C7H9F2NO. The number of nitrogens with zero attached hydrogens (tertiary/aromatic N) is 1. The standard InChI is InChI=1S/C7H9F2NO/c1-5(2)6(4-10-3)11-7(8)9/h4,7H,1,3H2,2H3/b6-4+. The maximum absolute atomic E-state index is 11.6. The van der Waals surface area contributed by atoms with Gasteiger partial charge in [-0.2, -0.15) is 8.78 Å². The topological polar surface area (TPSA) is 21.6 Å². The Morgan fingerprint density at radius 1 is 1.64 bits per heavy atom. The first kappa shape index (κ1) is 9.81. The van der Waals surface area contributed by atoms with Gasteiger partial charge in [0.05, 0.1) is 6.20 Å². The highest BCUT2D eigenvalue weighted by Crippen LogP contribution is 2.12. The number of alkyl halides is 2. The molecular weight excluding hydrogens is 152 g/mol. The molecule has 0 heterocycles. The highest BCUT2D eigenvalue weighted by molar-refractivity contribution is 5.29. The van der Waals surface area contributed by atoms with Crippen molar-refractivity contribution in [2.75, 3.05) is 0 Å². The Labute approximate surface area is 63.9 Å². The first-order valence-electron chi connectivity index (χ1n) is 2.84. The molecule has 0 bridgehead atoms. The van der Waals surface area contributed by atoms with Crippen molar-refractivity contribution < 1.29 is 13.5 Å². The molecule has 11 heavy (non-hydrogen) atoms. The van der Waals surface area contributed by atoms with Crippen LogP contribution in [0.2, 0.25) is 0 Å². The summed E-state index contributed by atoms with van der Waals surface area (Å²) in [6, 6.07) is 0. The van der Waals surface area contributed by atoms with Crippen LogP contribution in [0.5, 0.6) is 0 Å². The van der Waals surface area contributed by atoms with E-state index >= 15 is 0 Å². The van der Waals surface area contributed by atoms with Crippen LogP contribution in [0, 0.1) is 0 Å². The van der Waals surface area contributed by atoms with Gasteiger partial charge < -0.3 is 4.74 Å². The summed E-state index contributed by atoms with van der Waals surface area (Å²) in [7, 11) is 0. The van der Waals surface area contributed by atoms with Crippen LogP contribution in [0.25, 0.3) is 0 Å². The fourth-order valence-corrected chi connectivity index (χ4v) is 0.420. The lowest BCUT2D eigenvalue weighted by molar-refractivity contribution is -0.0934. The summed E-state index contributed by atoms with van der Waals surface area (Å²) in [6.07, 6.45) is 1.09. The molecule has 0 atom stereocenters. The summed E-state index contributed by atoms with van der Waals surface area (Å²) in [5, 5.41) is 0. The number of halogens is 2. The minimum atomic E-state index is -2.85. The van der Waals surface area contributed by atoms with E-state index in [2.05, 4.69) is 23.0 Å². The Morgan fingerprint density at radius 2 is 2.18 bits per heavy atom. The van der Waals surface area contributed by atoms with E-state index < -0.39 is 6.61 Å². The van der Waals surface area contributed by atoms with Gasteiger partial charge in [0.25, 0.3) is 0 Å². The second-order valence-electron chi connectivity index (χ2n) is 1.83. The Balaban J connectivity index is 4.23. The van der Waals surface area contributed by atoms with E-state index in [1.165, 1.54) is 0 Å². The summed E-state index contributed by atoms with van der Waals surface area (Å²) in [5.74, 6) is -0.0463. The SMILES string of the molecule is C=N/C=C(/OC(F)F)C(=C)C. The van der Waals surface area contributed by atoms with Crippen LogP contribution in [0.4, 0.5) is 8.78 Å². The summed E-state index contributed by atoms with van der Waals surface area (Å²) >= 11 is 0. The molecule has 0 rings (SSSR count). The van der Waals surface area contributed by atoms with Gasteiger partial charge in [0, 0.05) is 0 Å². The zero-order valence-corrected chi connectivity index (χ0v) is 6.18. The van der Waals surface area contributed by atoms with E-state index in [1.54, 1.807) is 6.92 Å². The molecule has 0 amide bonds. The third-order valence-corrected chi connectivity index (χ3v) is 0.845. The number of ether oxygens (including phenoxy) is 1. The molecule has 0 aromatic carbocycles. The normalized spacial score (nSPS) is 11.5. The van der Waals surface area contributed by atoms with Crippen LogP contribution >= 0.6 is 0 Å². The van der Waals surface area contributed by atoms with Crippen molar-refractivity contribution in [3.05, 3.63) is 24.1 Å². The van der Waals surface area contributed by atoms with E-state index in [-0.39, 0.29) is 5.76 Å². The number of rotatable bonds is 4. The van der Waals surface area contributed by atoms with Gasteiger partial charge in [-0.3, -0.25) is 4.99 Å². The quantitative estimate of drug-likeness (QED) is 0.352. The van der Waals surface area contributed by atoms with Gasteiger partial charge in [0.15, 0.2) is 0 Å². The van der Waals surface area contributed by atoms with Crippen LogP contribution in [0.1, 0.15) is 6.92 Å². The average molecular weight is 161 g/mol. The fraction of sp³-hybridized carbons (Fsp3) is 0.286. The van der Waals surface area contributed by atoms with Crippen molar-refractivity contribution in [1.29, 1.82) is 0 Å². The monoisotopic (exact) mass is 161 g/mol. The molecule has 0 saturated heterocycles. The van der Waals surface area contributed by atoms with Crippen molar-refractivity contribution in [2.24, 2.45) is 4.99 Å². The number of hydrogen-bond donors (Lipinski definition) is 0. The maximum Gasteiger partial charge on any atom is 0.387 e. The van der Waals surface area contributed by atoms with Gasteiger partial charge in [-0.1, -0.05) is 6.58 Å². The van der Waals surface area contributed by atoms with Crippen LogP contribution in [0.15, 0.2) is 29.1 Å². The molecule has 62 valence electrons. The molecule has 2 nitrogen and oxygen atoms in total. The summed E-state index contributed by atoms with van der Waals surface area (Å²) < 4.78 is 27.3. The van der Waals surface area contributed by atoms with Crippen molar-refractivity contribution in [3.63, 3.8) is 0 Å². The molecule has 0 unspecified atom stereocenters. The average Bonchev–Trinajstić information content (AvgIpc) is 1.86. The molecule has 0 saturated carbocycles. The van der Waals surface area contributed by atoms with Crippen LogP contribution < -0.4 is 0 Å². The molecule has 0 fully saturated rings. The summed E-state index contributed by atoms with van der Waals surface area (Å²) in [5.41, 5.74) is 0.387. The highest BCUT2D eigenvalue weighted by atomic mass is 19.3. The summed E-state index contributed by atoms with van der Waals surface area (Å²) in [4.78, 5) is 3.28. The molecule has 4 heteroatoms. The molecule has 0 N–H and O–H groups in total. The van der Waals surface area contributed by atoms with E-state index in [0.717, 1.165) is 6.20 Å². The van der Waals surface area contributed by atoms with Gasteiger partial charge in [-0.25, -0.2) is 0 Å². The van der Waals surface area contributed by atoms with Gasteiger partial charge in [0.2, 0.25) is 0 Å². The third-order valence-electron chi connectivity index (χ3n) is 0.845. The largest absolute Gasteiger partial charge is 0.433 e. The number of aliphatic imine (C=N–C) groups is 1. The van der Waals surface area contributed by atoms with Crippen molar-refractivity contribution >= 4 is 6.72 Å². The third kappa shape index (κ3) is 4.25. The predicted octanol–water partition coefficient (Wildman–Crippen LogP) is 2.34.